The molecule has 2 atom stereocenters. The molecule has 1 aliphatic rings. The lowest BCUT2D eigenvalue weighted by Gasteiger charge is -2.29. The second-order valence-corrected chi connectivity index (χ2v) is 9.18. The molecule has 0 saturated carbocycles. The van der Waals surface area contributed by atoms with Crippen molar-refractivity contribution in [1.29, 1.82) is 0 Å². The molecule has 2 amide bonds. The van der Waals surface area contributed by atoms with Crippen LogP contribution in [-0.4, -0.2) is 49.1 Å². The fourth-order valence-electron chi connectivity index (χ4n) is 3.89. The Morgan fingerprint density at radius 2 is 0.971 bits per heavy atom. The van der Waals surface area contributed by atoms with Crippen LogP contribution in [0.1, 0.15) is 117 Å². The van der Waals surface area contributed by atoms with Gasteiger partial charge in [0.2, 0.25) is 11.8 Å². The van der Waals surface area contributed by atoms with Crippen molar-refractivity contribution in [2.24, 2.45) is 0 Å². The first-order chi connectivity index (χ1) is 16.5. The van der Waals surface area contributed by atoms with Gasteiger partial charge in [-0.15, -0.1) is 0 Å². The van der Waals surface area contributed by atoms with Gasteiger partial charge in [0.1, 0.15) is 12.1 Å². The molecule has 0 bridgehead atoms. The molecule has 2 unspecified atom stereocenters. The molecule has 1 aliphatic heterocycles. The number of piperazine rings is 1. The third-order valence-corrected chi connectivity index (χ3v) is 6.06. The maximum Gasteiger partial charge on any atom is 0.305 e. The van der Waals surface area contributed by atoms with Gasteiger partial charge in [-0.3, -0.25) is 19.2 Å². The van der Waals surface area contributed by atoms with Gasteiger partial charge in [0.15, 0.2) is 0 Å². The standard InChI is InChI=1S/C26H46N2O6/c1-3-5-7-9-11-13-19-33-23(29)17-15-21-25(31)28-22(26(32)27-21)16-18-24(30)34-20-14-12-10-8-6-4-2/h21-22H,3-20H2,1-2H3,(H,27,32)(H,28,31). The minimum Gasteiger partial charge on any atom is -0.466 e. The van der Waals surface area contributed by atoms with E-state index in [1.165, 1.54) is 38.5 Å². The lowest BCUT2D eigenvalue weighted by Crippen LogP contribution is -2.61. The normalized spacial score (nSPS) is 17.7. The zero-order chi connectivity index (χ0) is 25.0. The fourth-order valence-corrected chi connectivity index (χ4v) is 3.89. The van der Waals surface area contributed by atoms with Crippen LogP contribution in [0.3, 0.4) is 0 Å². The van der Waals surface area contributed by atoms with E-state index in [1.807, 2.05) is 0 Å². The van der Waals surface area contributed by atoms with Crippen LogP contribution in [0, 0.1) is 0 Å². The number of carbonyl (C=O) groups excluding carboxylic acids is 4. The lowest BCUT2D eigenvalue weighted by molar-refractivity contribution is -0.146. The first-order valence-electron chi connectivity index (χ1n) is 13.4. The van der Waals surface area contributed by atoms with E-state index in [4.69, 9.17) is 9.47 Å². The summed E-state index contributed by atoms with van der Waals surface area (Å²) in [7, 11) is 0. The molecule has 34 heavy (non-hydrogen) atoms. The van der Waals surface area contributed by atoms with Gasteiger partial charge in [0, 0.05) is 12.8 Å². The Morgan fingerprint density at radius 3 is 1.35 bits per heavy atom. The average Bonchev–Trinajstić information content (AvgIpc) is 2.82. The Labute approximate surface area is 205 Å². The highest BCUT2D eigenvalue weighted by Crippen LogP contribution is 2.11. The third-order valence-electron chi connectivity index (χ3n) is 6.06. The number of nitrogens with one attached hydrogen (secondary N) is 2. The van der Waals surface area contributed by atoms with E-state index >= 15 is 0 Å². The van der Waals surface area contributed by atoms with E-state index < -0.39 is 12.1 Å². The van der Waals surface area contributed by atoms with Crippen molar-refractivity contribution in [2.75, 3.05) is 13.2 Å². The molecule has 0 spiro atoms. The first kappa shape index (κ1) is 29.9. The van der Waals surface area contributed by atoms with Crippen LogP contribution in [-0.2, 0) is 28.7 Å². The maximum absolute atomic E-state index is 12.3. The lowest BCUT2D eigenvalue weighted by atomic mass is 10.0. The number of unbranched alkanes of at least 4 members (excludes halogenated alkanes) is 10. The largest absolute Gasteiger partial charge is 0.466 e. The molecule has 0 aromatic carbocycles. The van der Waals surface area contributed by atoms with E-state index in [1.54, 1.807) is 0 Å². The third kappa shape index (κ3) is 14.2. The van der Waals surface area contributed by atoms with Crippen molar-refractivity contribution in [3.63, 3.8) is 0 Å². The summed E-state index contributed by atoms with van der Waals surface area (Å²) >= 11 is 0. The van der Waals surface area contributed by atoms with E-state index in [0.29, 0.717) is 13.2 Å². The number of hydrogen-bond donors (Lipinski definition) is 2. The van der Waals surface area contributed by atoms with Gasteiger partial charge in [-0.1, -0.05) is 78.1 Å². The van der Waals surface area contributed by atoms with Gasteiger partial charge >= 0.3 is 11.9 Å². The summed E-state index contributed by atoms with van der Waals surface area (Å²) in [5, 5.41) is 5.31. The Balaban J connectivity index is 2.14. The minimum atomic E-state index is -0.759. The Kier molecular flexibility index (Phi) is 16.9. The van der Waals surface area contributed by atoms with Crippen molar-refractivity contribution in [2.45, 2.75) is 129 Å². The minimum absolute atomic E-state index is 0.0731. The molecule has 8 heteroatoms. The molecule has 1 saturated heterocycles. The van der Waals surface area contributed by atoms with Crippen LogP contribution in [0.25, 0.3) is 0 Å². The molecule has 2 N–H and O–H groups in total. The monoisotopic (exact) mass is 482 g/mol. The van der Waals surface area contributed by atoms with Crippen LogP contribution < -0.4 is 10.6 Å². The number of ether oxygens (including phenoxy) is 2. The Hall–Kier alpha value is -2.12. The predicted molar refractivity (Wildman–Crippen MR) is 131 cm³/mol. The van der Waals surface area contributed by atoms with Crippen LogP contribution in [0.4, 0.5) is 0 Å². The van der Waals surface area contributed by atoms with Gasteiger partial charge in [0.25, 0.3) is 0 Å². The zero-order valence-electron chi connectivity index (χ0n) is 21.3. The number of amides is 2. The molecule has 196 valence electrons. The summed E-state index contributed by atoms with van der Waals surface area (Å²) in [5.74, 6) is -1.39. The molecule has 8 nitrogen and oxygen atoms in total. The van der Waals surface area contributed by atoms with Crippen molar-refractivity contribution >= 4 is 23.8 Å². The summed E-state index contributed by atoms with van der Waals surface area (Å²) in [6.07, 6.45) is 13.9. The second kappa shape index (κ2) is 19.2. The van der Waals surface area contributed by atoms with Gasteiger partial charge in [0.05, 0.1) is 13.2 Å². The van der Waals surface area contributed by atoms with E-state index in [9.17, 15) is 19.2 Å². The molecular formula is C26H46N2O6. The molecule has 0 aromatic rings. The quantitative estimate of drug-likeness (QED) is 0.197. The molecular weight excluding hydrogens is 436 g/mol. The number of rotatable bonds is 20. The van der Waals surface area contributed by atoms with E-state index in [2.05, 4.69) is 24.5 Å². The van der Waals surface area contributed by atoms with E-state index in [0.717, 1.165) is 38.5 Å². The number of esters is 2. The van der Waals surface area contributed by atoms with Gasteiger partial charge in [-0.05, 0) is 25.7 Å². The Morgan fingerprint density at radius 1 is 0.618 bits per heavy atom. The fraction of sp³-hybridized carbons (Fsp3) is 0.846. The summed E-state index contributed by atoms with van der Waals surface area (Å²) in [6.45, 7) is 5.13. The summed E-state index contributed by atoms with van der Waals surface area (Å²) in [4.78, 5) is 48.4. The van der Waals surface area contributed by atoms with Gasteiger partial charge < -0.3 is 20.1 Å². The molecule has 0 aromatic heterocycles. The molecule has 1 rings (SSSR count). The van der Waals surface area contributed by atoms with Crippen LogP contribution in [0.2, 0.25) is 0 Å². The summed E-state index contributed by atoms with van der Waals surface area (Å²) < 4.78 is 10.4. The van der Waals surface area contributed by atoms with Crippen LogP contribution in [0.15, 0.2) is 0 Å². The number of hydrogen-bond acceptors (Lipinski definition) is 6. The van der Waals surface area contributed by atoms with Crippen molar-refractivity contribution < 1.29 is 28.7 Å². The SMILES string of the molecule is CCCCCCCCOC(=O)CCC1NC(=O)C(CCC(=O)OCCCCCCCC)NC1=O. The van der Waals surface area contributed by atoms with E-state index in [-0.39, 0.29) is 49.4 Å². The van der Waals surface area contributed by atoms with Gasteiger partial charge in [-0.25, -0.2) is 0 Å². The van der Waals surface area contributed by atoms with Crippen LogP contribution >= 0.6 is 0 Å². The second-order valence-electron chi connectivity index (χ2n) is 9.18. The molecule has 1 fully saturated rings. The number of carbonyl (C=O) groups is 4. The highest BCUT2D eigenvalue weighted by molar-refractivity contribution is 5.97. The van der Waals surface area contributed by atoms with Crippen LogP contribution in [0.5, 0.6) is 0 Å². The van der Waals surface area contributed by atoms with Gasteiger partial charge in [-0.2, -0.15) is 0 Å². The van der Waals surface area contributed by atoms with Crippen molar-refractivity contribution in [1.82, 2.24) is 10.6 Å². The zero-order valence-corrected chi connectivity index (χ0v) is 21.3. The molecule has 0 aliphatic carbocycles. The topological polar surface area (TPSA) is 111 Å². The average molecular weight is 483 g/mol. The highest BCUT2D eigenvalue weighted by Gasteiger charge is 2.33. The first-order valence-corrected chi connectivity index (χ1v) is 13.4. The smallest absolute Gasteiger partial charge is 0.305 e. The summed E-state index contributed by atoms with van der Waals surface area (Å²) in [6, 6.07) is -1.52. The summed E-state index contributed by atoms with van der Waals surface area (Å²) in [5.41, 5.74) is 0. The maximum atomic E-state index is 12.3. The highest BCUT2D eigenvalue weighted by atomic mass is 16.5. The molecule has 1 heterocycles. The molecule has 0 radical (unpaired) electrons. The Bertz CT molecular complexity index is 558. The predicted octanol–water partition coefficient (Wildman–Crippen LogP) is 4.34. The van der Waals surface area contributed by atoms with Crippen molar-refractivity contribution in [3.8, 4) is 0 Å². The van der Waals surface area contributed by atoms with Crippen molar-refractivity contribution in [3.05, 3.63) is 0 Å².